The molecule has 0 spiro atoms. The number of ether oxygens (including phenoxy) is 2. The molecular formula is C23H24N4O5S. The molecule has 10 heteroatoms. The van der Waals surface area contributed by atoms with Crippen LogP contribution in [0.3, 0.4) is 0 Å². The van der Waals surface area contributed by atoms with Crippen molar-refractivity contribution >= 4 is 29.1 Å². The van der Waals surface area contributed by atoms with Crippen molar-refractivity contribution in [2.24, 2.45) is 0 Å². The fourth-order valence-electron chi connectivity index (χ4n) is 4.27. The van der Waals surface area contributed by atoms with E-state index in [2.05, 4.69) is 20.1 Å². The summed E-state index contributed by atoms with van der Waals surface area (Å²) in [5.41, 5.74) is 0.783. The van der Waals surface area contributed by atoms with Gasteiger partial charge in [0.2, 0.25) is 18.5 Å². The molecule has 1 fully saturated rings. The molecule has 1 aliphatic heterocycles. The van der Waals surface area contributed by atoms with Gasteiger partial charge in [0.05, 0.1) is 17.7 Å². The molecule has 2 aromatic heterocycles. The van der Waals surface area contributed by atoms with Crippen LogP contribution in [0.5, 0.6) is 11.5 Å². The van der Waals surface area contributed by atoms with E-state index in [1.54, 1.807) is 18.4 Å². The number of Topliss-reactive ketones (excluding diaryl/α,β-unsaturated/α-hetero) is 1. The van der Waals surface area contributed by atoms with Crippen LogP contribution < -0.4 is 14.8 Å². The number of ketones is 1. The Morgan fingerprint density at radius 1 is 1.15 bits per heavy atom. The first kappa shape index (κ1) is 21.6. The van der Waals surface area contributed by atoms with Crippen LogP contribution in [0.2, 0.25) is 0 Å². The Morgan fingerprint density at radius 3 is 2.67 bits per heavy atom. The van der Waals surface area contributed by atoms with Crippen LogP contribution in [-0.2, 0) is 4.79 Å². The SMILES string of the molecule is CC(=O)c1cc2c(cc1NC(=O)CSc1nnc(-c3ccco3)n1C1CCCCC1)OCO2. The molecule has 1 saturated carbocycles. The number of aromatic nitrogens is 3. The van der Waals surface area contributed by atoms with E-state index < -0.39 is 0 Å². The van der Waals surface area contributed by atoms with Gasteiger partial charge >= 0.3 is 0 Å². The number of nitrogens with zero attached hydrogens (tertiary/aromatic N) is 3. The summed E-state index contributed by atoms with van der Waals surface area (Å²) in [4.78, 5) is 24.9. The summed E-state index contributed by atoms with van der Waals surface area (Å²) in [5.74, 6) is 2.05. The monoisotopic (exact) mass is 468 g/mol. The maximum absolute atomic E-state index is 12.8. The molecular weight excluding hydrogens is 444 g/mol. The zero-order chi connectivity index (χ0) is 22.8. The molecule has 0 bridgehead atoms. The van der Waals surface area contributed by atoms with Crippen LogP contribution in [0.1, 0.15) is 55.4 Å². The van der Waals surface area contributed by atoms with Crippen LogP contribution in [0.25, 0.3) is 11.6 Å². The molecule has 172 valence electrons. The molecule has 1 aliphatic carbocycles. The summed E-state index contributed by atoms with van der Waals surface area (Å²) in [5, 5.41) is 12.2. The van der Waals surface area contributed by atoms with Gasteiger partial charge in [-0.3, -0.25) is 14.2 Å². The Morgan fingerprint density at radius 2 is 1.94 bits per heavy atom. The molecule has 3 aromatic rings. The summed E-state index contributed by atoms with van der Waals surface area (Å²) in [6.07, 6.45) is 7.25. The minimum atomic E-state index is -0.251. The molecule has 3 heterocycles. The third-order valence-electron chi connectivity index (χ3n) is 5.84. The fraction of sp³-hybridized carbons (Fsp3) is 0.391. The number of rotatable bonds is 7. The maximum Gasteiger partial charge on any atom is 0.234 e. The highest BCUT2D eigenvalue weighted by Gasteiger charge is 2.26. The number of anilines is 1. The second-order valence-corrected chi connectivity index (χ2v) is 9.03. The number of nitrogens with one attached hydrogen (secondary N) is 1. The highest BCUT2D eigenvalue weighted by molar-refractivity contribution is 7.99. The average Bonchev–Trinajstić information content (AvgIpc) is 3.57. The van der Waals surface area contributed by atoms with E-state index in [-0.39, 0.29) is 30.3 Å². The second kappa shape index (κ2) is 9.30. The quantitative estimate of drug-likeness (QED) is 0.392. The van der Waals surface area contributed by atoms with E-state index in [1.807, 2.05) is 12.1 Å². The van der Waals surface area contributed by atoms with Crippen molar-refractivity contribution in [3.05, 3.63) is 36.1 Å². The van der Waals surface area contributed by atoms with Gasteiger partial charge in [0.25, 0.3) is 0 Å². The Hall–Kier alpha value is -3.27. The third-order valence-corrected chi connectivity index (χ3v) is 6.79. The predicted molar refractivity (Wildman–Crippen MR) is 122 cm³/mol. The summed E-state index contributed by atoms with van der Waals surface area (Å²) < 4.78 is 18.4. The normalized spacial score (nSPS) is 15.5. The molecule has 5 rings (SSSR count). The number of hydrogen-bond donors (Lipinski definition) is 1. The second-order valence-electron chi connectivity index (χ2n) is 8.09. The Labute approximate surface area is 194 Å². The number of fused-ring (bicyclic) bond motifs is 1. The Balaban J connectivity index is 1.34. The largest absolute Gasteiger partial charge is 0.461 e. The first-order valence-electron chi connectivity index (χ1n) is 11.0. The minimum Gasteiger partial charge on any atom is -0.461 e. The van der Waals surface area contributed by atoms with Gasteiger partial charge in [0.15, 0.2) is 28.2 Å². The van der Waals surface area contributed by atoms with Gasteiger partial charge < -0.3 is 19.2 Å². The van der Waals surface area contributed by atoms with E-state index in [0.717, 1.165) is 25.7 Å². The first-order valence-corrected chi connectivity index (χ1v) is 11.9. The first-order chi connectivity index (χ1) is 16.1. The van der Waals surface area contributed by atoms with Gasteiger partial charge in [-0.05, 0) is 38.0 Å². The predicted octanol–water partition coefficient (Wildman–Crippen LogP) is 4.71. The van der Waals surface area contributed by atoms with Gasteiger partial charge in [0, 0.05) is 17.7 Å². The van der Waals surface area contributed by atoms with Crippen LogP contribution in [0.4, 0.5) is 5.69 Å². The summed E-state index contributed by atoms with van der Waals surface area (Å²) in [6, 6.07) is 7.20. The van der Waals surface area contributed by atoms with Gasteiger partial charge in [-0.1, -0.05) is 31.0 Å². The van der Waals surface area contributed by atoms with E-state index >= 15 is 0 Å². The number of carbonyl (C=O) groups excluding carboxylic acids is 2. The summed E-state index contributed by atoms with van der Waals surface area (Å²) >= 11 is 1.32. The van der Waals surface area contributed by atoms with Crippen molar-refractivity contribution in [1.82, 2.24) is 14.8 Å². The topological polar surface area (TPSA) is 108 Å². The molecule has 0 saturated heterocycles. The number of thioether (sulfide) groups is 1. The number of hydrogen-bond acceptors (Lipinski definition) is 8. The Kier molecular flexibility index (Phi) is 6.08. The Bertz CT molecular complexity index is 1170. The lowest BCUT2D eigenvalue weighted by Gasteiger charge is -2.25. The van der Waals surface area contributed by atoms with Crippen molar-refractivity contribution in [3.63, 3.8) is 0 Å². The van der Waals surface area contributed by atoms with Crippen molar-refractivity contribution in [3.8, 4) is 23.1 Å². The van der Waals surface area contributed by atoms with Crippen molar-refractivity contribution in [2.45, 2.75) is 50.2 Å². The maximum atomic E-state index is 12.8. The van der Waals surface area contributed by atoms with E-state index in [9.17, 15) is 9.59 Å². The van der Waals surface area contributed by atoms with Gasteiger partial charge in [-0.2, -0.15) is 0 Å². The molecule has 9 nitrogen and oxygen atoms in total. The summed E-state index contributed by atoms with van der Waals surface area (Å²) in [6.45, 7) is 1.54. The van der Waals surface area contributed by atoms with Crippen molar-refractivity contribution in [2.75, 3.05) is 17.9 Å². The van der Waals surface area contributed by atoms with Crippen molar-refractivity contribution in [1.29, 1.82) is 0 Å². The van der Waals surface area contributed by atoms with Gasteiger partial charge in [0.1, 0.15) is 0 Å². The molecule has 1 amide bonds. The van der Waals surface area contributed by atoms with Crippen LogP contribution >= 0.6 is 11.8 Å². The smallest absolute Gasteiger partial charge is 0.234 e. The molecule has 1 aromatic carbocycles. The van der Waals surface area contributed by atoms with Gasteiger partial charge in [-0.15, -0.1) is 10.2 Å². The molecule has 0 atom stereocenters. The van der Waals surface area contributed by atoms with E-state index in [1.165, 1.54) is 25.1 Å². The standard InChI is InChI=1S/C23H24N4O5S/c1-14(28)16-10-19-20(32-13-31-19)11-17(16)24-21(29)12-33-23-26-25-22(18-8-5-9-30-18)27(23)15-6-3-2-4-7-15/h5,8-11,15H,2-4,6-7,12-13H2,1H3,(H,24,29). The average molecular weight is 469 g/mol. The van der Waals surface area contributed by atoms with E-state index in [0.29, 0.717) is 39.5 Å². The lowest BCUT2D eigenvalue weighted by atomic mass is 9.95. The lowest BCUT2D eigenvalue weighted by molar-refractivity contribution is -0.113. The molecule has 2 aliphatic rings. The zero-order valence-corrected chi connectivity index (χ0v) is 19.0. The fourth-order valence-corrected chi connectivity index (χ4v) is 5.08. The molecule has 0 unspecified atom stereocenters. The number of furan rings is 1. The highest BCUT2D eigenvalue weighted by atomic mass is 32.2. The van der Waals surface area contributed by atoms with Crippen molar-refractivity contribution < 1.29 is 23.5 Å². The van der Waals surface area contributed by atoms with Gasteiger partial charge in [-0.25, -0.2) is 0 Å². The number of amides is 1. The molecule has 0 radical (unpaired) electrons. The van der Waals surface area contributed by atoms with Crippen LogP contribution in [0, 0.1) is 0 Å². The minimum absolute atomic E-state index is 0.0920. The number of carbonyl (C=O) groups is 2. The van der Waals surface area contributed by atoms with Crippen LogP contribution in [0.15, 0.2) is 40.1 Å². The molecule has 1 N–H and O–H groups in total. The zero-order valence-electron chi connectivity index (χ0n) is 18.2. The third kappa shape index (κ3) is 4.47. The lowest BCUT2D eigenvalue weighted by Crippen LogP contribution is -2.18. The molecule has 33 heavy (non-hydrogen) atoms. The summed E-state index contributed by atoms with van der Waals surface area (Å²) in [7, 11) is 0. The highest BCUT2D eigenvalue weighted by Crippen LogP contribution is 2.38. The van der Waals surface area contributed by atoms with Crippen LogP contribution in [-0.4, -0.2) is 39.0 Å². The van der Waals surface area contributed by atoms with E-state index in [4.69, 9.17) is 13.9 Å². The number of benzene rings is 1.